The van der Waals surface area contributed by atoms with Crippen LogP contribution in [0.4, 0.5) is 5.69 Å². The third-order valence-corrected chi connectivity index (χ3v) is 5.22. The molecule has 0 aliphatic heterocycles. The van der Waals surface area contributed by atoms with Crippen molar-refractivity contribution in [2.24, 2.45) is 11.3 Å². The van der Waals surface area contributed by atoms with Crippen LogP contribution in [0.25, 0.3) is 0 Å². The van der Waals surface area contributed by atoms with Crippen LogP contribution in [-0.2, 0) is 11.3 Å². The van der Waals surface area contributed by atoms with Crippen LogP contribution in [0.2, 0.25) is 0 Å². The number of carbonyl (C=O) groups excluding carboxylic acids is 1. The average Bonchev–Trinajstić information content (AvgIpc) is 2.52. The van der Waals surface area contributed by atoms with Crippen molar-refractivity contribution in [2.45, 2.75) is 59.0 Å². The molecular weight excluding hydrogens is 310 g/mol. The van der Waals surface area contributed by atoms with E-state index in [0.717, 1.165) is 18.2 Å². The molecule has 0 heterocycles. The predicted octanol–water partition coefficient (Wildman–Crippen LogP) is 3.88. The van der Waals surface area contributed by atoms with Crippen molar-refractivity contribution in [2.75, 3.05) is 26.0 Å². The first kappa shape index (κ1) is 19.9. The summed E-state index contributed by atoms with van der Waals surface area (Å²) in [4.78, 5) is 13.8. The molecule has 4 nitrogen and oxygen atoms in total. The molecular formula is C21H35N3O. The van der Waals surface area contributed by atoms with E-state index < -0.39 is 0 Å². The quantitative estimate of drug-likeness (QED) is 0.822. The Balaban J connectivity index is 1.80. The lowest BCUT2D eigenvalue weighted by Crippen LogP contribution is -2.35. The fourth-order valence-electron chi connectivity index (χ4n) is 3.67. The van der Waals surface area contributed by atoms with Gasteiger partial charge in [-0.05, 0) is 68.8 Å². The summed E-state index contributed by atoms with van der Waals surface area (Å²) in [6, 6.07) is 8.77. The molecule has 1 fully saturated rings. The molecule has 0 saturated heterocycles. The van der Waals surface area contributed by atoms with E-state index in [9.17, 15) is 4.79 Å². The first-order chi connectivity index (χ1) is 11.7. The Morgan fingerprint density at radius 3 is 2.44 bits per heavy atom. The second-order valence-corrected chi connectivity index (χ2v) is 8.78. The number of hydrogen-bond donors (Lipinski definition) is 2. The molecule has 0 aromatic heterocycles. The molecule has 1 aliphatic rings. The van der Waals surface area contributed by atoms with E-state index >= 15 is 0 Å². The van der Waals surface area contributed by atoms with E-state index in [4.69, 9.17) is 0 Å². The van der Waals surface area contributed by atoms with E-state index in [2.05, 4.69) is 43.5 Å². The maximum Gasteiger partial charge on any atom is 0.238 e. The van der Waals surface area contributed by atoms with E-state index in [1.54, 1.807) is 0 Å². The number of likely N-dealkylation sites (N-methyl/N-ethyl adjacent to an activating group) is 1. The normalized spacial score (nSPS) is 21.4. The number of amides is 1. The van der Waals surface area contributed by atoms with Crippen molar-refractivity contribution in [1.29, 1.82) is 0 Å². The predicted molar refractivity (Wildman–Crippen MR) is 106 cm³/mol. The number of hydrogen-bond acceptors (Lipinski definition) is 3. The van der Waals surface area contributed by atoms with E-state index in [-0.39, 0.29) is 5.91 Å². The van der Waals surface area contributed by atoms with E-state index in [1.165, 1.54) is 31.2 Å². The van der Waals surface area contributed by atoms with Gasteiger partial charge in [0.25, 0.3) is 0 Å². The SMILES string of the molecule is CN(C)CC(=O)Nc1cccc(CNC2CCC(C(C)(C)C)CC2)c1. The van der Waals surface area contributed by atoms with Gasteiger partial charge in [-0.1, -0.05) is 32.9 Å². The minimum Gasteiger partial charge on any atom is -0.325 e. The highest BCUT2D eigenvalue weighted by atomic mass is 16.2. The molecule has 1 aromatic rings. The van der Waals surface area contributed by atoms with Crippen molar-refractivity contribution in [3.63, 3.8) is 0 Å². The van der Waals surface area contributed by atoms with Gasteiger partial charge in [-0.3, -0.25) is 4.79 Å². The Bertz CT molecular complexity index is 555. The van der Waals surface area contributed by atoms with Crippen LogP contribution < -0.4 is 10.6 Å². The molecule has 0 bridgehead atoms. The van der Waals surface area contributed by atoms with Gasteiger partial charge in [0.2, 0.25) is 5.91 Å². The second kappa shape index (κ2) is 8.81. The molecule has 0 atom stereocenters. The molecule has 1 aliphatic carbocycles. The third-order valence-electron chi connectivity index (χ3n) is 5.22. The third kappa shape index (κ3) is 6.79. The lowest BCUT2D eigenvalue weighted by Gasteiger charge is -2.37. The number of benzene rings is 1. The number of anilines is 1. The lowest BCUT2D eigenvalue weighted by atomic mass is 9.71. The zero-order chi connectivity index (χ0) is 18.4. The highest BCUT2D eigenvalue weighted by Crippen LogP contribution is 2.37. The lowest BCUT2D eigenvalue weighted by molar-refractivity contribution is -0.116. The first-order valence-electron chi connectivity index (χ1n) is 9.51. The molecule has 25 heavy (non-hydrogen) atoms. The van der Waals surface area contributed by atoms with Gasteiger partial charge in [-0.25, -0.2) is 0 Å². The molecule has 2 N–H and O–H groups in total. The standard InChI is InChI=1S/C21H35N3O/c1-21(2,3)17-9-11-18(12-10-17)22-14-16-7-6-8-19(13-16)23-20(25)15-24(4)5/h6-8,13,17-18,22H,9-12,14-15H2,1-5H3,(H,23,25). The highest BCUT2D eigenvalue weighted by molar-refractivity contribution is 5.92. The minimum atomic E-state index is 0.0237. The summed E-state index contributed by atoms with van der Waals surface area (Å²) in [7, 11) is 3.79. The summed E-state index contributed by atoms with van der Waals surface area (Å²) < 4.78 is 0. The maximum atomic E-state index is 11.9. The highest BCUT2D eigenvalue weighted by Gasteiger charge is 2.29. The molecule has 0 radical (unpaired) electrons. The van der Waals surface area contributed by atoms with Gasteiger partial charge >= 0.3 is 0 Å². The van der Waals surface area contributed by atoms with Crippen molar-refractivity contribution < 1.29 is 4.79 Å². The summed E-state index contributed by atoms with van der Waals surface area (Å²) in [6.45, 7) is 8.35. The van der Waals surface area contributed by atoms with Gasteiger partial charge in [0.1, 0.15) is 0 Å². The molecule has 2 rings (SSSR count). The fourth-order valence-corrected chi connectivity index (χ4v) is 3.67. The monoisotopic (exact) mass is 345 g/mol. The van der Waals surface area contributed by atoms with Crippen LogP contribution in [0.1, 0.15) is 52.0 Å². The summed E-state index contributed by atoms with van der Waals surface area (Å²) in [5.41, 5.74) is 2.53. The largest absolute Gasteiger partial charge is 0.325 e. The van der Waals surface area contributed by atoms with Crippen LogP contribution in [0.15, 0.2) is 24.3 Å². The average molecular weight is 346 g/mol. The first-order valence-corrected chi connectivity index (χ1v) is 9.51. The summed E-state index contributed by atoms with van der Waals surface area (Å²) in [5.74, 6) is 0.872. The molecule has 1 amide bonds. The molecule has 140 valence electrons. The summed E-state index contributed by atoms with van der Waals surface area (Å²) >= 11 is 0. The Hall–Kier alpha value is -1.39. The molecule has 0 spiro atoms. The Morgan fingerprint density at radius 1 is 1.16 bits per heavy atom. The number of nitrogens with one attached hydrogen (secondary N) is 2. The Labute approximate surface area is 153 Å². The Kier molecular flexibility index (Phi) is 7.03. The van der Waals surface area contributed by atoms with Gasteiger partial charge < -0.3 is 15.5 Å². The van der Waals surface area contributed by atoms with Crippen molar-refractivity contribution in [3.8, 4) is 0 Å². The zero-order valence-corrected chi connectivity index (χ0v) is 16.6. The van der Waals surface area contributed by atoms with Gasteiger partial charge in [0, 0.05) is 18.3 Å². The van der Waals surface area contributed by atoms with Gasteiger partial charge in [0.15, 0.2) is 0 Å². The van der Waals surface area contributed by atoms with Crippen molar-refractivity contribution in [3.05, 3.63) is 29.8 Å². The number of rotatable bonds is 6. The van der Waals surface area contributed by atoms with Crippen LogP contribution in [-0.4, -0.2) is 37.5 Å². The van der Waals surface area contributed by atoms with Crippen LogP contribution in [0, 0.1) is 11.3 Å². The Morgan fingerprint density at radius 2 is 1.84 bits per heavy atom. The van der Waals surface area contributed by atoms with Gasteiger partial charge in [-0.15, -0.1) is 0 Å². The molecule has 1 aromatic carbocycles. The molecule has 1 saturated carbocycles. The van der Waals surface area contributed by atoms with Crippen LogP contribution in [0.3, 0.4) is 0 Å². The maximum absolute atomic E-state index is 11.9. The molecule has 4 heteroatoms. The second-order valence-electron chi connectivity index (χ2n) is 8.78. The van der Waals surface area contributed by atoms with Gasteiger partial charge in [-0.2, -0.15) is 0 Å². The summed E-state index contributed by atoms with van der Waals surface area (Å²) in [6.07, 6.45) is 5.17. The topological polar surface area (TPSA) is 44.4 Å². The van der Waals surface area contributed by atoms with Crippen LogP contribution >= 0.6 is 0 Å². The minimum absolute atomic E-state index is 0.0237. The smallest absolute Gasteiger partial charge is 0.238 e. The molecule has 0 unspecified atom stereocenters. The van der Waals surface area contributed by atoms with Crippen LogP contribution in [0.5, 0.6) is 0 Å². The van der Waals surface area contributed by atoms with E-state index in [1.807, 2.05) is 31.1 Å². The zero-order valence-electron chi connectivity index (χ0n) is 16.6. The number of nitrogens with zero attached hydrogens (tertiary/aromatic N) is 1. The fraction of sp³-hybridized carbons (Fsp3) is 0.667. The van der Waals surface area contributed by atoms with Crippen molar-refractivity contribution in [1.82, 2.24) is 10.2 Å². The summed E-state index contributed by atoms with van der Waals surface area (Å²) in [5, 5.41) is 6.67. The van der Waals surface area contributed by atoms with E-state index in [0.29, 0.717) is 18.0 Å². The number of carbonyl (C=O) groups is 1. The van der Waals surface area contributed by atoms with Crippen molar-refractivity contribution >= 4 is 11.6 Å². The van der Waals surface area contributed by atoms with Gasteiger partial charge in [0.05, 0.1) is 6.54 Å².